The molecule has 2 saturated heterocycles. The van der Waals surface area contributed by atoms with Crippen LogP contribution in [-0.4, -0.2) is 77.6 Å². The van der Waals surface area contributed by atoms with Crippen LogP contribution in [0.15, 0.2) is 36.9 Å². The van der Waals surface area contributed by atoms with Crippen molar-refractivity contribution in [3.05, 3.63) is 54.1 Å². The lowest BCUT2D eigenvalue weighted by atomic mass is 9.97. The molecule has 2 aromatic heterocycles. The monoisotopic (exact) mass is 617 g/mol. The third-order valence-electron chi connectivity index (χ3n) is 9.07. The number of nitrogens with two attached hydrogens (primary N) is 1. The van der Waals surface area contributed by atoms with Gasteiger partial charge in [0, 0.05) is 42.0 Å². The second kappa shape index (κ2) is 11.6. The van der Waals surface area contributed by atoms with Gasteiger partial charge in [0.25, 0.3) is 0 Å². The van der Waals surface area contributed by atoms with Crippen molar-refractivity contribution in [3.8, 4) is 23.2 Å². The van der Waals surface area contributed by atoms with Crippen molar-refractivity contribution in [1.82, 2.24) is 19.8 Å². The Morgan fingerprint density at radius 1 is 1.25 bits per heavy atom. The van der Waals surface area contributed by atoms with E-state index < -0.39 is 11.6 Å². The molecule has 2 N–H and O–H groups in total. The molecule has 6 rings (SSSR count). The number of hydrogen-bond acceptors (Lipinski definition) is 9. The lowest BCUT2D eigenvalue weighted by Crippen LogP contribution is -2.43. The topological polar surface area (TPSA) is 112 Å². The van der Waals surface area contributed by atoms with Gasteiger partial charge in [-0.15, -0.1) is 11.3 Å². The average Bonchev–Trinajstić information content (AvgIpc) is 3.71. The Balaban J connectivity index is 1.49. The van der Waals surface area contributed by atoms with Crippen LogP contribution in [0.4, 0.5) is 19.6 Å². The van der Waals surface area contributed by atoms with Crippen molar-refractivity contribution in [2.45, 2.75) is 44.3 Å². The van der Waals surface area contributed by atoms with Crippen LogP contribution in [0, 0.1) is 23.0 Å². The molecule has 0 spiro atoms. The predicted octanol–water partition coefficient (Wildman–Crippen LogP) is 5.33. The van der Waals surface area contributed by atoms with Gasteiger partial charge in [0.15, 0.2) is 5.82 Å². The van der Waals surface area contributed by atoms with Crippen LogP contribution < -0.4 is 15.4 Å². The molecule has 228 valence electrons. The lowest BCUT2D eigenvalue weighted by Gasteiger charge is -2.32. The SMILES string of the molecule is C=CC(=O)N1CC[C@@H](N(C)c2nc(OC[C@@H]3CCCN3C)nc3c(F)c(-c4ccc(F)c5sc(N)c(C#N)c45)ccc23)[C@H]1C. The summed E-state index contributed by atoms with van der Waals surface area (Å²) in [6.07, 6.45) is 4.05. The Hall–Kier alpha value is -4.34. The fourth-order valence-electron chi connectivity index (χ4n) is 6.58. The second-order valence-electron chi connectivity index (χ2n) is 11.4. The highest BCUT2D eigenvalue weighted by Crippen LogP contribution is 2.43. The van der Waals surface area contributed by atoms with Crippen LogP contribution in [0.25, 0.3) is 32.1 Å². The molecule has 12 heteroatoms. The minimum atomic E-state index is -0.646. The number of rotatable bonds is 7. The molecule has 1 amide bonds. The minimum Gasteiger partial charge on any atom is -0.462 e. The standard InChI is InChI=1S/C32H33F2N7O2S/c1-5-25(42)41-14-12-24(17(41)2)40(4)31-21-9-8-20(19-10-11-23(33)29-26(19)22(15-35)30(36)44-29)27(34)28(21)37-32(38-31)43-16-18-7-6-13-39(18)3/h5,8-11,17-18,24H,1,6-7,12-14,16,36H2,2-4H3/t17-,18+,24-/m1/s1. The van der Waals surface area contributed by atoms with Crippen molar-refractivity contribution in [2.24, 2.45) is 0 Å². The number of hydrogen-bond donors (Lipinski definition) is 1. The van der Waals surface area contributed by atoms with E-state index in [0.29, 0.717) is 36.3 Å². The molecular formula is C32H33F2N7O2S. The molecule has 0 saturated carbocycles. The molecule has 0 bridgehead atoms. The Morgan fingerprint density at radius 2 is 2.02 bits per heavy atom. The number of carbonyl (C=O) groups excluding carboxylic acids is 1. The van der Waals surface area contributed by atoms with Crippen molar-refractivity contribution in [3.63, 3.8) is 0 Å². The van der Waals surface area contributed by atoms with E-state index in [1.54, 1.807) is 17.0 Å². The van der Waals surface area contributed by atoms with Crippen molar-refractivity contribution < 1.29 is 18.3 Å². The summed E-state index contributed by atoms with van der Waals surface area (Å²) >= 11 is 0.961. The number of ether oxygens (including phenoxy) is 1. The van der Waals surface area contributed by atoms with Gasteiger partial charge in [-0.05, 0) is 63.6 Å². The number of fused-ring (bicyclic) bond motifs is 2. The molecule has 2 aliphatic heterocycles. The Bertz CT molecular complexity index is 1840. The molecule has 0 unspecified atom stereocenters. The van der Waals surface area contributed by atoms with Crippen LogP contribution in [0.3, 0.4) is 0 Å². The van der Waals surface area contributed by atoms with E-state index in [0.717, 1.165) is 30.7 Å². The summed E-state index contributed by atoms with van der Waals surface area (Å²) in [7, 11) is 3.92. The number of nitriles is 1. The second-order valence-corrected chi connectivity index (χ2v) is 12.5. The molecular weight excluding hydrogens is 584 g/mol. The van der Waals surface area contributed by atoms with Gasteiger partial charge >= 0.3 is 6.01 Å². The fourth-order valence-corrected chi connectivity index (χ4v) is 7.53. The normalized spacial score (nSPS) is 20.4. The van der Waals surface area contributed by atoms with Crippen molar-refractivity contribution in [2.75, 3.05) is 44.4 Å². The first kappa shape index (κ1) is 29.7. The largest absolute Gasteiger partial charge is 0.462 e. The van der Waals surface area contributed by atoms with E-state index in [1.165, 1.54) is 18.2 Å². The van der Waals surface area contributed by atoms with Crippen LogP contribution in [0.2, 0.25) is 0 Å². The summed E-state index contributed by atoms with van der Waals surface area (Å²) in [6.45, 7) is 7.49. The van der Waals surface area contributed by atoms with E-state index >= 15 is 4.39 Å². The van der Waals surface area contributed by atoms with E-state index in [2.05, 4.69) is 16.5 Å². The van der Waals surface area contributed by atoms with E-state index in [9.17, 15) is 14.4 Å². The van der Waals surface area contributed by atoms with Gasteiger partial charge in [-0.2, -0.15) is 15.2 Å². The number of likely N-dealkylation sites (N-methyl/N-ethyl adjacent to an activating group) is 2. The number of nitrogen functional groups attached to an aromatic ring is 1. The number of aromatic nitrogens is 2. The van der Waals surface area contributed by atoms with Crippen LogP contribution in [0.1, 0.15) is 31.7 Å². The van der Waals surface area contributed by atoms with Crippen molar-refractivity contribution >= 4 is 49.1 Å². The number of likely N-dealkylation sites (tertiary alicyclic amines) is 2. The highest BCUT2D eigenvalue weighted by Gasteiger charge is 2.37. The van der Waals surface area contributed by atoms with E-state index in [-0.39, 0.29) is 61.8 Å². The maximum atomic E-state index is 16.7. The lowest BCUT2D eigenvalue weighted by molar-refractivity contribution is -0.126. The summed E-state index contributed by atoms with van der Waals surface area (Å²) in [5.41, 5.74) is 6.69. The number of benzene rings is 2. The van der Waals surface area contributed by atoms with Crippen LogP contribution in [0.5, 0.6) is 6.01 Å². The van der Waals surface area contributed by atoms with Crippen LogP contribution in [-0.2, 0) is 4.79 Å². The number of thiophene rings is 1. The summed E-state index contributed by atoms with van der Waals surface area (Å²) < 4.78 is 37.7. The fraction of sp³-hybridized carbons (Fsp3) is 0.375. The summed E-state index contributed by atoms with van der Waals surface area (Å²) in [5, 5.41) is 10.7. The van der Waals surface area contributed by atoms with Gasteiger partial charge in [-0.3, -0.25) is 4.79 Å². The summed E-state index contributed by atoms with van der Waals surface area (Å²) in [4.78, 5) is 27.7. The number of nitrogens with zero attached hydrogens (tertiary/aromatic N) is 6. The smallest absolute Gasteiger partial charge is 0.319 e. The molecule has 2 aliphatic rings. The first-order valence-corrected chi connectivity index (χ1v) is 15.4. The zero-order valence-electron chi connectivity index (χ0n) is 24.8. The molecule has 4 aromatic rings. The molecule has 2 fully saturated rings. The molecule has 4 heterocycles. The molecule has 9 nitrogen and oxygen atoms in total. The third-order valence-corrected chi connectivity index (χ3v) is 10.1. The maximum Gasteiger partial charge on any atom is 0.319 e. The van der Waals surface area contributed by atoms with Gasteiger partial charge in [0.2, 0.25) is 5.91 Å². The average molecular weight is 618 g/mol. The number of halogens is 2. The molecule has 0 radical (unpaired) electrons. The molecule has 44 heavy (non-hydrogen) atoms. The Labute approximate surface area is 258 Å². The molecule has 3 atom stereocenters. The molecule has 0 aliphatic carbocycles. The Morgan fingerprint density at radius 3 is 2.73 bits per heavy atom. The first-order chi connectivity index (χ1) is 21.1. The van der Waals surface area contributed by atoms with Gasteiger partial charge in [0.1, 0.15) is 34.8 Å². The highest BCUT2D eigenvalue weighted by molar-refractivity contribution is 7.23. The zero-order valence-corrected chi connectivity index (χ0v) is 25.6. The predicted molar refractivity (Wildman–Crippen MR) is 169 cm³/mol. The van der Waals surface area contributed by atoms with E-state index in [1.807, 2.05) is 32.0 Å². The van der Waals surface area contributed by atoms with Gasteiger partial charge in [0.05, 0.1) is 16.3 Å². The van der Waals surface area contributed by atoms with Gasteiger partial charge < -0.3 is 25.2 Å². The van der Waals surface area contributed by atoms with E-state index in [4.69, 9.17) is 15.5 Å². The Kier molecular flexibility index (Phi) is 7.86. The van der Waals surface area contributed by atoms with Crippen LogP contribution >= 0.6 is 11.3 Å². The maximum absolute atomic E-state index is 16.7. The first-order valence-electron chi connectivity index (χ1n) is 14.5. The third kappa shape index (κ3) is 4.90. The summed E-state index contributed by atoms with van der Waals surface area (Å²) in [5.74, 6) is -0.844. The molecule has 2 aromatic carbocycles. The summed E-state index contributed by atoms with van der Waals surface area (Å²) in [6, 6.07) is 8.09. The number of carbonyl (C=O) groups is 1. The number of amides is 1. The van der Waals surface area contributed by atoms with Gasteiger partial charge in [-0.25, -0.2) is 8.78 Å². The number of anilines is 2. The minimum absolute atomic E-state index is 0.0398. The quantitative estimate of drug-likeness (QED) is 0.277. The van der Waals surface area contributed by atoms with Gasteiger partial charge in [-0.1, -0.05) is 18.7 Å². The van der Waals surface area contributed by atoms with Crippen molar-refractivity contribution in [1.29, 1.82) is 5.26 Å². The zero-order chi connectivity index (χ0) is 31.3. The highest BCUT2D eigenvalue weighted by atomic mass is 32.1.